The van der Waals surface area contributed by atoms with E-state index in [9.17, 15) is 9.18 Å². The molecule has 158 valence electrons. The first kappa shape index (κ1) is 19.7. The molecule has 1 aliphatic heterocycles. The minimum Gasteiger partial charge on any atom is -0.496 e. The fourth-order valence-corrected chi connectivity index (χ4v) is 4.71. The third kappa shape index (κ3) is 3.79. The van der Waals surface area contributed by atoms with Gasteiger partial charge in [0.1, 0.15) is 11.6 Å². The van der Waals surface area contributed by atoms with E-state index in [1.54, 1.807) is 17.7 Å². The number of benzene rings is 1. The highest BCUT2D eigenvalue weighted by Gasteiger charge is 2.28. The van der Waals surface area contributed by atoms with Gasteiger partial charge in [-0.25, -0.2) is 13.9 Å². The number of amides is 1. The number of halogens is 1. The molecule has 1 amide bonds. The smallest absolute Gasteiger partial charge is 0.254 e. The van der Waals surface area contributed by atoms with E-state index in [0.717, 1.165) is 42.0 Å². The van der Waals surface area contributed by atoms with Crippen LogP contribution >= 0.6 is 11.3 Å². The first-order chi connectivity index (χ1) is 15.1. The predicted molar refractivity (Wildman–Crippen MR) is 117 cm³/mol. The molecule has 1 atom stereocenters. The average Bonchev–Trinajstić information content (AvgIpc) is 3.48. The molecule has 4 aromatic rings. The van der Waals surface area contributed by atoms with Gasteiger partial charge < -0.3 is 9.64 Å². The van der Waals surface area contributed by atoms with Crippen LogP contribution < -0.4 is 4.74 Å². The van der Waals surface area contributed by atoms with Crippen LogP contribution in [0.15, 0.2) is 53.4 Å². The Labute approximate surface area is 182 Å². The molecule has 4 heterocycles. The number of ether oxygens (including phenoxy) is 1. The number of fused-ring (bicyclic) bond motifs is 1. The Morgan fingerprint density at radius 2 is 2.16 bits per heavy atom. The van der Waals surface area contributed by atoms with Crippen molar-refractivity contribution in [1.29, 1.82) is 0 Å². The Kier molecular flexibility index (Phi) is 5.15. The van der Waals surface area contributed by atoms with E-state index in [0.29, 0.717) is 17.9 Å². The van der Waals surface area contributed by atoms with Gasteiger partial charge in [0.05, 0.1) is 12.7 Å². The van der Waals surface area contributed by atoms with Crippen LogP contribution in [0.5, 0.6) is 5.75 Å². The summed E-state index contributed by atoms with van der Waals surface area (Å²) in [5.41, 5.74) is 2.91. The molecule has 1 aliphatic rings. The Morgan fingerprint density at radius 3 is 2.97 bits per heavy atom. The maximum atomic E-state index is 13.8. The molecule has 0 aliphatic carbocycles. The quantitative estimate of drug-likeness (QED) is 0.468. The molecule has 0 N–H and O–H groups in total. The third-order valence-corrected chi connectivity index (χ3v) is 6.34. The summed E-state index contributed by atoms with van der Waals surface area (Å²) < 4.78 is 20.9. The van der Waals surface area contributed by atoms with Gasteiger partial charge in [0, 0.05) is 41.7 Å². The Morgan fingerprint density at radius 1 is 1.26 bits per heavy atom. The second-order valence-corrected chi connectivity index (χ2v) is 8.42. The fraction of sp³-hybridized carbons (Fsp3) is 0.261. The minimum absolute atomic E-state index is 0.0650. The summed E-state index contributed by atoms with van der Waals surface area (Å²) in [4.78, 5) is 19.3. The lowest BCUT2D eigenvalue weighted by Crippen LogP contribution is -2.39. The van der Waals surface area contributed by atoms with Crippen LogP contribution in [0.1, 0.15) is 34.9 Å². The highest BCUT2D eigenvalue weighted by Crippen LogP contribution is 2.31. The lowest BCUT2D eigenvalue weighted by molar-refractivity contribution is 0.0705. The van der Waals surface area contributed by atoms with Gasteiger partial charge in [0.15, 0.2) is 11.5 Å². The Balaban J connectivity index is 1.43. The molecule has 6 nitrogen and oxygen atoms in total. The van der Waals surface area contributed by atoms with E-state index in [1.807, 2.05) is 40.1 Å². The largest absolute Gasteiger partial charge is 0.496 e. The van der Waals surface area contributed by atoms with Gasteiger partial charge in [0.25, 0.3) is 5.91 Å². The van der Waals surface area contributed by atoms with E-state index >= 15 is 0 Å². The number of thiophene rings is 1. The lowest BCUT2D eigenvalue weighted by Gasteiger charge is -2.31. The van der Waals surface area contributed by atoms with Crippen molar-refractivity contribution in [2.45, 2.75) is 18.8 Å². The maximum absolute atomic E-state index is 13.8. The number of likely N-dealkylation sites (tertiary alicyclic amines) is 1. The second-order valence-electron chi connectivity index (χ2n) is 7.64. The molecule has 1 fully saturated rings. The summed E-state index contributed by atoms with van der Waals surface area (Å²) >= 11 is 1.53. The zero-order chi connectivity index (χ0) is 21.4. The van der Waals surface area contributed by atoms with E-state index in [1.165, 1.54) is 23.5 Å². The molecule has 31 heavy (non-hydrogen) atoms. The van der Waals surface area contributed by atoms with Crippen molar-refractivity contribution in [2.24, 2.45) is 0 Å². The Hall–Kier alpha value is -3.26. The van der Waals surface area contributed by atoms with Crippen molar-refractivity contribution in [3.8, 4) is 16.9 Å². The number of pyridine rings is 1. The molecule has 0 spiro atoms. The molecule has 0 unspecified atom stereocenters. The minimum atomic E-state index is -0.326. The first-order valence-electron chi connectivity index (χ1n) is 10.1. The van der Waals surface area contributed by atoms with Crippen LogP contribution in [0, 0.1) is 5.82 Å². The van der Waals surface area contributed by atoms with Crippen molar-refractivity contribution in [1.82, 2.24) is 19.5 Å². The van der Waals surface area contributed by atoms with Crippen molar-refractivity contribution < 1.29 is 13.9 Å². The number of piperidine rings is 1. The fourth-order valence-electron chi connectivity index (χ4n) is 4.08. The highest BCUT2D eigenvalue weighted by molar-refractivity contribution is 7.08. The number of aromatic nitrogens is 3. The topological polar surface area (TPSA) is 59.7 Å². The molecular formula is C23H21FN4O2S. The van der Waals surface area contributed by atoms with Crippen LogP contribution in [-0.2, 0) is 0 Å². The molecule has 0 radical (unpaired) electrons. The predicted octanol–water partition coefficient (Wildman–Crippen LogP) is 4.63. The van der Waals surface area contributed by atoms with Crippen molar-refractivity contribution >= 4 is 22.9 Å². The molecular weight excluding hydrogens is 415 g/mol. The summed E-state index contributed by atoms with van der Waals surface area (Å²) in [5, 5.41) is 8.50. The molecule has 1 aromatic carbocycles. The van der Waals surface area contributed by atoms with Crippen molar-refractivity contribution in [3.05, 3.63) is 70.6 Å². The number of nitrogens with zero attached hydrogens (tertiary/aromatic N) is 4. The van der Waals surface area contributed by atoms with Crippen molar-refractivity contribution in [3.63, 3.8) is 0 Å². The van der Waals surface area contributed by atoms with Gasteiger partial charge in [-0.15, -0.1) is 0 Å². The van der Waals surface area contributed by atoms with Gasteiger partial charge in [-0.05, 0) is 54.6 Å². The summed E-state index contributed by atoms with van der Waals surface area (Å²) in [6.07, 6.45) is 3.69. The van der Waals surface area contributed by atoms with E-state index in [-0.39, 0.29) is 17.6 Å². The van der Waals surface area contributed by atoms with Crippen LogP contribution in [0.3, 0.4) is 0 Å². The standard InChI is InChI=1S/C23H21FN4O2S/c1-30-20-6-5-18(24)11-19(20)15-4-7-21-25-22(26-28(21)13-15)16-3-2-9-27(12-16)23(29)17-8-10-31-14-17/h4-8,10-11,13-14,16H,2-3,9,12H2,1H3/t16-/m0/s1. The Bertz CT molecular complexity index is 1240. The van der Waals surface area contributed by atoms with Crippen LogP contribution in [0.2, 0.25) is 0 Å². The molecule has 1 saturated heterocycles. The van der Waals surface area contributed by atoms with Gasteiger partial charge in [-0.3, -0.25) is 4.79 Å². The van der Waals surface area contributed by atoms with Gasteiger partial charge in [-0.2, -0.15) is 16.4 Å². The number of carbonyl (C=O) groups is 1. The van der Waals surface area contributed by atoms with Crippen LogP contribution in [0.25, 0.3) is 16.8 Å². The summed E-state index contributed by atoms with van der Waals surface area (Å²) in [5.74, 6) is 1.15. The molecule has 0 saturated carbocycles. The number of hydrogen-bond donors (Lipinski definition) is 0. The second kappa shape index (κ2) is 8.11. The summed E-state index contributed by atoms with van der Waals surface area (Å²) in [6.45, 7) is 1.36. The number of rotatable bonds is 4. The first-order valence-corrected chi connectivity index (χ1v) is 11.1. The van der Waals surface area contributed by atoms with Crippen LogP contribution in [-0.4, -0.2) is 45.6 Å². The lowest BCUT2D eigenvalue weighted by atomic mass is 9.97. The van der Waals surface area contributed by atoms with Gasteiger partial charge in [0.2, 0.25) is 0 Å². The summed E-state index contributed by atoms with van der Waals surface area (Å²) in [7, 11) is 1.56. The molecule has 3 aromatic heterocycles. The molecule has 8 heteroatoms. The van der Waals surface area contributed by atoms with Gasteiger partial charge in [-0.1, -0.05) is 0 Å². The SMILES string of the molecule is COc1ccc(F)cc1-c1ccc2nc([C@H]3CCCN(C(=O)c4ccsc4)C3)nn2c1. The summed E-state index contributed by atoms with van der Waals surface area (Å²) in [6, 6.07) is 10.1. The number of carbonyl (C=O) groups excluding carboxylic acids is 1. The van der Waals surface area contributed by atoms with Crippen LogP contribution in [0.4, 0.5) is 4.39 Å². The monoisotopic (exact) mass is 436 g/mol. The zero-order valence-corrected chi connectivity index (χ0v) is 17.8. The molecule has 0 bridgehead atoms. The third-order valence-electron chi connectivity index (χ3n) is 5.66. The van der Waals surface area contributed by atoms with Crippen molar-refractivity contribution in [2.75, 3.05) is 20.2 Å². The van der Waals surface area contributed by atoms with E-state index in [2.05, 4.69) is 0 Å². The number of hydrogen-bond acceptors (Lipinski definition) is 5. The normalized spacial score (nSPS) is 16.6. The van der Waals surface area contributed by atoms with E-state index in [4.69, 9.17) is 14.8 Å². The highest BCUT2D eigenvalue weighted by atomic mass is 32.1. The zero-order valence-electron chi connectivity index (χ0n) is 17.0. The number of methoxy groups -OCH3 is 1. The molecule has 5 rings (SSSR count). The average molecular weight is 437 g/mol. The van der Waals surface area contributed by atoms with E-state index < -0.39 is 0 Å². The van der Waals surface area contributed by atoms with Gasteiger partial charge >= 0.3 is 0 Å². The maximum Gasteiger partial charge on any atom is 0.254 e.